The largest absolute Gasteiger partial charge is 0.465 e. The summed E-state index contributed by atoms with van der Waals surface area (Å²) in [7, 11) is 1.34. The Hall–Kier alpha value is -1.92. The highest BCUT2D eigenvalue weighted by Gasteiger charge is 2.38. The number of carbonyl (C=O) groups is 2. The number of thiophene rings is 1. The number of aryl methyl sites for hydroxylation is 1. The molecule has 3 heterocycles. The molecule has 1 saturated heterocycles. The maximum atomic E-state index is 12.9. The number of carbonyl (C=O) groups excluding carboxylic acids is 2. The highest BCUT2D eigenvalue weighted by molar-refractivity contribution is 7.11. The van der Waals surface area contributed by atoms with Crippen molar-refractivity contribution in [3.8, 4) is 0 Å². The van der Waals surface area contributed by atoms with Crippen molar-refractivity contribution in [2.24, 2.45) is 0 Å². The normalized spacial score (nSPS) is 22.8. The minimum atomic E-state index is -0.476. The highest BCUT2D eigenvalue weighted by atomic mass is 32.1. The van der Waals surface area contributed by atoms with Crippen LogP contribution in [-0.4, -0.2) is 43.1 Å². The first kappa shape index (κ1) is 16.9. The second-order valence-corrected chi connectivity index (χ2v) is 6.98. The van der Waals surface area contributed by atoms with Crippen LogP contribution in [0, 0.1) is 6.92 Å². The van der Waals surface area contributed by atoms with Crippen LogP contribution in [-0.2, 0) is 19.1 Å². The van der Waals surface area contributed by atoms with Crippen molar-refractivity contribution in [1.29, 1.82) is 0 Å². The van der Waals surface area contributed by atoms with E-state index in [0.717, 1.165) is 29.9 Å². The van der Waals surface area contributed by atoms with Crippen LogP contribution in [0.15, 0.2) is 28.3 Å². The van der Waals surface area contributed by atoms with Gasteiger partial charge in [-0.1, -0.05) is 0 Å². The molecule has 0 unspecified atom stereocenters. The van der Waals surface area contributed by atoms with E-state index < -0.39 is 5.97 Å². The van der Waals surface area contributed by atoms with Crippen LogP contribution in [0.4, 0.5) is 0 Å². The Morgan fingerprint density at radius 2 is 2.29 bits per heavy atom. The second kappa shape index (κ2) is 6.91. The summed E-state index contributed by atoms with van der Waals surface area (Å²) in [4.78, 5) is 27.8. The SMILES string of the molecule is COC(=O)C1=C(C)N(C[C@H]2CCCO2)C(=O)/C1=C\c1sccc1C. The molecule has 1 atom stereocenters. The topological polar surface area (TPSA) is 55.8 Å². The maximum absolute atomic E-state index is 12.9. The molecule has 1 fully saturated rings. The molecule has 0 aromatic carbocycles. The second-order valence-electron chi connectivity index (χ2n) is 6.03. The third-order valence-corrected chi connectivity index (χ3v) is 5.45. The molecule has 0 saturated carbocycles. The molecule has 1 amide bonds. The minimum Gasteiger partial charge on any atom is -0.465 e. The quantitative estimate of drug-likeness (QED) is 0.621. The summed E-state index contributed by atoms with van der Waals surface area (Å²) in [6.45, 7) is 4.99. The van der Waals surface area contributed by atoms with Crippen LogP contribution >= 0.6 is 11.3 Å². The molecule has 3 rings (SSSR count). The Bertz CT molecular complexity index is 725. The molecule has 0 radical (unpaired) electrons. The molecule has 2 aliphatic rings. The minimum absolute atomic E-state index is 0.0330. The number of rotatable bonds is 4. The van der Waals surface area contributed by atoms with Crippen molar-refractivity contribution >= 4 is 29.3 Å². The first-order valence-electron chi connectivity index (χ1n) is 8.01. The molecule has 128 valence electrons. The average Bonchev–Trinajstić information content (AvgIpc) is 3.26. The predicted molar refractivity (Wildman–Crippen MR) is 92.4 cm³/mol. The Kier molecular flexibility index (Phi) is 4.87. The van der Waals surface area contributed by atoms with Gasteiger partial charge < -0.3 is 14.4 Å². The van der Waals surface area contributed by atoms with Crippen LogP contribution in [0.25, 0.3) is 6.08 Å². The predicted octanol–water partition coefficient (Wildman–Crippen LogP) is 2.91. The van der Waals surface area contributed by atoms with Gasteiger partial charge in [-0.25, -0.2) is 4.79 Å². The van der Waals surface area contributed by atoms with Gasteiger partial charge in [0.25, 0.3) is 5.91 Å². The first-order chi connectivity index (χ1) is 11.5. The van der Waals surface area contributed by atoms with Crippen LogP contribution in [0.1, 0.15) is 30.2 Å². The van der Waals surface area contributed by atoms with E-state index in [2.05, 4.69) is 0 Å². The summed E-state index contributed by atoms with van der Waals surface area (Å²) in [5.41, 5.74) is 2.48. The van der Waals surface area contributed by atoms with E-state index in [4.69, 9.17) is 9.47 Å². The number of esters is 1. The van der Waals surface area contributed by atoms with E-state index in [-0.39, 0.29) is 12.0 Å². The summed E-state index contributed by atoms with van der Waals surface area (Å²) in [5.74, 6) is -0.632. The fourth-order valence-corrected chi connectivity index (χ4v) is 3.96. The van der Waals surface area contributed by atoms with Crippen molar-refractivity contribution in [3.63, 3.8) is 0 Å². The number of hydrogen-bond donors (Lipinski definition) is 0. The lowest BCUT2D eigenvalue weighted by molar-refractivity contribution is -0.136. The van der Waals surface area contributed by atoms with E-state index in [0.29, 0.717) is 23.4 Å². The molecule has 1 aromatic heterocycles. The van der Waals surface area contributed by atoms with E-state index >= 15 is 0 Å². The van der Waals surface area contributed by atoms with Gasteiger partial charge in [-0.2, -0.15) is 0 Å². The van der Waals surface area contributed by atoms with Crippen molar-refractivity contribution in [2.45, 2.75) is 32.8 Å². The van der Waals surface area contributed by atoms with Gasteiger partial charge in [-0.15, -0.1) is 11.3 Å². The zero-order valence-corrected chi connectivity index (χ0v) is 14.9. The third-order valence-electron chi connectivity index (χ3n) is 4.49. The van der Waals surface area contributed by atoms with E-state index in [1.807, 2.05) is 18.4 Å². The molecule has 0 spiro atoms. The lowest BCUT2D eigenvalue weighted by Gasteiger charge is -2.21. The first-order valence-corrected chi connectivity index (χ1v) is 8.89. The van der Waals surface area contributed by atoms with Crippen LogP contribution in [0.2, 0.25) is 0 Å². The smallest absolute Gasteiger partial charge is 0.340 e. The summed E-state index contributed by atoms with van der Waals surface area (Å²) in [5, 5.41) is 1.97. The van der Waals surface area contributed by atoms with Gasteiger partial charge in [0.2, 0.25) is 0 Å². The lowest BCUT2D eigenvalue weighted by atomic mass is 10.1. The standard InChI is InChI=1S/C18H21NO4S/c1-11-6-8-24-15(11)9-14-16(18(21)22-3)12(2)19(17(14)20)10-13-5-4-7-23-13/h6,8-9,13H,4-5,7,10H2,1-3H3/b14-9-/t13-/m1/s1. The van der Waals surface area contributed by atoms with Gasteiger partial charge >= 0.3 is 5.97 Å². The third kappa shape index (κ3) is 3.03. The van der Waals surface area contributed by atoms with Gasteiger partial charge in [0.05, 0.1) is 30.9 Å². The van der Waals surface area contributed by atoms with Crippen molar-refractivity contribution in [1.82, 2.24) is 4.90 Å². The number of allylic oxidation sites excluding steroid dienone is 1. The summed E-state index contributed by atoms with van der Waals surface area (Å²) >= 11 is 1.55. The van der Waals surface area contributed by atoms with Crippen molar-refractivity contribution < 1.29 is 19.1 Å². The summed E-state index contributed by atoms with van der Waals surface area (Å²) in [6, 6.07) is 2.00. The van der Waals surface area contributed by atoms with Crippen molar-refractivity contribution in [3.05, 3.63) is 38.7 Å². The van der Waals surface area contributed by atoms with E-state index in [1.54, 1.807) is 29.2 Å². The molecule has 0 bridgehead atoms. The molecule has 5 nitrogen and oxygen atoms in total. The number of ether oxygens (including phenoxy) is 2. The van der Waals surface area contributed by atoms with Crippen LogP contribution < -0.4 is 0 Å². The highest BCUT2D eigenvalue weighted by Crippen LogP contribution is 2.34. The molecule has 24 heavy (non-hydrogen) atoms. The lowest BCUT2D eigenvalue weighted by Crippen LogP contribution is -2.33. The zero-order valence-electron chi connectivity index (χ0n) is 14.1. The monoisotopic (exact) mass is 347 g/mol. The average molecular weight is 347 g/mol. The number of amides is 1. The molecular formula is C18H21NO4S. The number of methoxy groups -OCH3 is 1. The fourth-order valence-electron chi connectivity index (χ4n) is 3.10. The van der Waals surface area contributed by atoms with Gasteiger partial charge in [0.1, 0.15) is 0 Å². The van der Waals surface area contributed by atoms with Gasteiger partial charge in [-0.05, 0) is 49.8 Å². The van der Waals surface area contributed by atoms with Crippen LogP contribution in [0.3, 0.4) is 0 Å². The van der Waals surface area contributed by atoms with Crippen LogP contribution in [0.5, 0.6) is 0 Å². The van der Waals surface area contributed by atoms with Gasteiger partial charge in [0, 0.05) is 17.2 Å². The number of hydrogen-bond acceptors (Lipinski definition) is 5. The summed E-state index contributed by atoms with van der Waals surface area (Å²) in [6.07, 6.45) is 3.78. The molecule has 0 N–H and O–H groups in total. The fraction of sp³-hybridized carbons (Fsp3) is 0.444. The van der Waals surface area contributed by atoms with E-state index in [9.17, 15) is 9.59 Å². The Balaban J connectivity index is 1.98. The Morgan fingerprint density at radius 1 is 1.50 bits per heavy atom. The molecule has 1 aromatic rings. The molecular weight excluding hydrogens is 326 g/mol. The Morgan fingerprint density at radius 3 is 2.88 bits per heavy atom. The van der Waals surface area contributed by atoms with E-state index in [1.165, 1.54) is 7.11 Å². The maximum Gasteiger partial charge on any atom is 0.340 e. The van der Waals surface area contributed by atoms with Gasteiger partial charge in [-0.3, -0.25) is 4.79 Å². The zero-order chi connectivity index (χ0) is 17.3. The molecule has 0 aliphatic carbocycles. The molecule has 2 aliphatic heterocycles. The number of nitrogens with zero attached hydrogens (tertiary/aromatic N) is 1. The Labute approximate surface area is 145 Å². The van der Waals surface area contributed by atoms with Gasteiger partial charge in [0.15, 0.2) is 0 Å². The summed E-state index contributed by atoms with van der Waals surface area (Å²) < 4.78 is 10.6. The van der Waals surface area contributed by atoms with Crippen molar-refractivity contribution in [2.75, 3.05) is 20.3 Å². The molecule has 6 heteroatoms.